The van der Waals surface area contributed by atoms with Crippen molar-refractivity contribution in [2.75, 3.05) is 33.2 Å². The molecule has 0 radical (unpaired) electrons. The highest BCUT2D eigenvalue weighted by molar-refractivity contribution is 5.80. The summed E-state index contributed by atoms with van der Waals surface area (Å²) in [5, 5.41) is 10.3. The number of nitrogens with one attached hydrogen (secondary N) is 2. The second kappa shape index (κ2) is 7.87. The number of likely N-dealkylation sites (tertiary alicyclic amines) is 1. The molecule has 2 heterocycles. The molecule has 1 fully saturated rings. The molecule has 0 bridgehead atoms. The third-order valence-electron chi connectivity index (χ3n) is 4.09. The summed E-state index contributed by atoms with van der Waals surface area (Å²) in [6, 6.07) is -0.0300. The van der Waals surface area contributed by atoms with E-state index in [4.69, 9.17) is 4.52 Å². The molecule has 0 spiro atoms. The van der Waals surface area contributed by atoms with Crippen molar-refractivity contribution < 1.29 is 17.7 Å². The Hall–Kier alpha value is -1.77. The highest BCUT2D eigenvalue weighted by Gasteiger charge is 2.34. The highest BCUT2D eigenvalue weighted by atomic mass is 19.4. The smallest absolute Gasteiger partial charge is 0.361 e. The summed E-state index contributed by atoms with van der Waals surface area (Å²) in [5.74, 6) is 1.40. The number of alkyl halides is 3. The fourth-order valence-corrected chi connectivity index (χ4v) is 2.90. The van der Waals surface area contributed by atoms with Crippen LogP contribution >= 0.6 is 0 Å². The number of aromatic nitrogens is 1. The van der Waals surface area contributed by atoms with E-state index in [1.54, 1.807) is 7.05 Å². The summed E-state index contributed by atoms with van der Waals surface area (Å²) in [6.45, 7) is 4.35. The lowest BCUT2D eigenvalue weighted by Gasteiger charge is -2.19. The van der Waals surface area contributed by atoms with Crippen molar-refractivity contribution >= 4 is 5.96 Å². The van der Waals surface area contributed by atoms with Crippen LogP contribution in [0.2, 0.25) is 0 Å². The Labute approximate surface area is 139 Å². The normalized spacial score (nSPS) is 19.8. The highest BCUT2D eigenvalue weighted by Crippen LogP contribution is 2.19. The molecule has 0 amide bonds. The van der Waals surface area contributed by atoms with Crippen LogP contribution < -0.4 is 10.6 Å². The fraction of sp³-hybridized carbons (Fsp3) is 0.733. The summed E-state index contributed by atoms with van der Waals surface area (Å²) < 4.78 is 42.4. The van der Waals surface area contributed by atoms with E-state index in [-0.39, 0.29) is 6.04 Å². The summed E-state index contributed by atoms with van der Waals surface area (Å²) in [7, 11) is 1.65. The summed E-state index contributed by atoms with van der Waals surface area (Å²) in [6.07, 6.45) is -2.74. The number of aryl methyl sites for hydroxylation is 2. The van der Waals surface area contributed by atoms with Gasteiger partial charge in [-0.2, -0.15) is 13.2 Å². The number of rotatable bonds is 5. The minimum absolute atomic E-state index is 0.0300. The first kappa shape index (κ1) is 18.6. The Bertz CT molecular complexity index is 550. The predicted molar refractivity (Wildman–Crippen MR) is 85.1 cm³/mol. The maximum absolute atomic E-state index is 12.4. The van der Waals surface area contributed by atoms with Crippen molar-refractivity contribution in [1.29, 1.82) is 0 Å². The van der Waals surface area contributed by atoms with E-state index >= 15 is 0 Å². The zero-order valence-electron chi connectivity index (χ0n) is 14.2. The van der Waals surface area contributed by atoms with E-state index in [0.717, 1.165) is 23.4 Å². The Balaban J connectivity index is 1.75. The molecule has 1 saturated heterocycles. The van der Waals surface area contributed by atoms with Crippen LogP contribution in [0, 0.1) is 13.8 Å². The third-order valence-corrected chi connectivity index (χ3v) is 4.09. The average molecular weight is 347 g/mol. The number of guanidine groups is 1. The van der Waals surface area contributed by atoms with Crippen LogP contribution in [0.3, 0.4) is 0 Å². The zero-order chi connectivity index (χ0) is 17.7. The topological polar surface area (TPSA) is 65.7 Å². The van der Waals surface area contributed by atoms with Crippen molar-refractivity contribution in [3.05, 3.63) is 17.0 Å². The molecule has 1 atom stereocenters. The van der Waals surface area contributed by atoms with Crippen molar-refractivity contribution in [1.82, 2.24) is 20.7 Å². The van der Waals surface area contributed by atoms with Crippen molar-refractivity contribution in [3.63, 3.8) is 0 Å². The Kier molecular flexibility index (Phi) is 6.09. The molecule has 1 aromatic heterocycles. The molecule has 1 aromatic rings. The summed E-state index contributed by atoms with van der Waals surface area (Å²) in [4.78, 5) is 5.54. The minimum atomic E-state index is -4.15. The molecule has 9 heteroatoms. The lowest BCUT2D eigenvalue weighted by Crippen LogP contribution is -2.45. The largest absolute Gasteiger partial charge is 0.401 e. The molecule has 24 heavy (non-hydrogen) atoms. The van der Waals surface area contributed by atoms with Gasteiger partial charge in [0.15, 0.2) is 5.96 Å². The lowest BCUT2D eigenvalue weighted by atomic mass is 10.1. The quantitative estimate of drug-likeness (QED) is 0.626. The SMILES string of the molecule is CN=C(NCCc1c(C)noc1C)NC1CCN(CC(F)(F)F)C1. The monoisotopic (exact) mass is 347 g/mol. The van der Waals surface area contributed by atoms with Gasteiger partial charge in [0, 0.05) is 38.3 Å². The van der Waals surface area contributed by atoms with Crippen LogP contribution in [0.15, 0.2) is 9.52 Å². The molecule has 0 aromatic carbocycles. The lowest BCUT2D eigenvalue weighted by molar-refractivity contribution is -0.143. The molecule has 1 aliphatic heterocycles. The van der Waals surface area contributed by atoms with Gasteiger partial charge in [-0.1, -0.05) is 5.16 Å². The van der Waals surface area contributed by atoms with E-state index in [1.807, 2.05) is 13.8 Å². The molecule has 1 unspecified atom stereocenters. The van der Waals surface area contributed by atoms with E-state index < -0.39 is 12.7 Å². The Morgan fingerprint density at radius 3 is 2.75 bits per heavy atom. The maximum atomic E-state index is 12.4. The number of aliphatic imine (C=N–C) groups is 1. The standard InChI is InChI=1S/C15H24F3N5O/c1-10-13(11(2)24-22-10)4-6-20-14(19-3)21-12-5-7-23(8-12)9-15(16,17)18/h12H,4-9H2,1-3H3,(H2,19,20,21). The van der Waals surface area contributed by atoms with E-state index in [0.29, 0.717) is 32.0 Å². The molecule has 6 nitrogen and oxygen atoms in total. The molecule has 0 aliphatic carbocycles. The third kappa shape index (κ3) is 5.40. The van der Waals surface area contributed by atoms with Crippen LogP contribution in [0.1, 0.15) is 23.4 Å². The van der Waals surface area contributed by atoms with E-state index in [9.17, 15) is 13.2 Å². The molecular formula is C15H24F3N5O. The summed E-state index contributed by atoms with van der Waals surface area (Å²) >= 11 is 0. The van der Waals surface area contributed by atoms with Crippen LogP contribution in [-0.4, -0.2) is 61.5 Å². The predicted octanol–water partition coefficient (Wildman–Crippen LogP) is 1.64. The van der Waals surface area contributed by atoms with Gasteiger partial charge < -0.3 is 15.2 Å². The van der Waals surface area contributed by atoms with Crippen LogP contribution in [0.5, 0.6) is 0 Å². The van der Waals surface area contributed by atoms with Crippen LogP contribution in [-0.2, 0) is 6.42 Å². The molecule has 2 N–H and O–H groups in total. The van der Waals surface area contributed by atoms with Gasteiger partial charge in [-0.25, -0.2) is 0 Å². The Morgan fingerprint density at radius 1 is 1.42 bits per heavy atom. The molecule has 1 aliphatic rings. The van der Waals surface area contributed by atoms with Crippen molar-refractivity contribution in [2.24, 2.45) is 4.99 Å². The van der Waals surface area contributed by atoms with Gasteiger partial charge in [0.1, 0.15) is 5.76 Å². The second-order valence-corrected chi connectivity index (χ2v) is 6.03. The van der Waals surface area contributed by atoms with Crippen molar-refractivity contribution in [2.45, 2.75) is 38.9 Å². The van der Waals surface area contributed by atoms with Crippen molar-refractivity contribution in [3.8, 4) is 0 Å². The van der Waals surface area contributed by atoms with Gasteiger partial charge in [0.25, 0.3) is 0 Å². The zero-order valence-corrected chi connectivity index (χ0v) is 14.2. The van der Waals surface area contributed by atoms with Crippen LogP contribution in [0.4, 0.5) is 13.2 Å². The number of halogens is 3. The first-order valence-corrected chi connectivity index (χ1v) is 7.96. The minimum Gasteiger partial charge on any atom is -0.361 e. The maximum Gasteiger partial charge on any atom is 0.401 e. The van der Waals surface area contributed by atoms with Gasteiger partial charge in [0.2, 0.25) is 0 Å². The first-order chi connectivity index (χ1) is 11.3. The number of hydrogen-bond acceptors (Lipinski definition) is 4. The molecule has 2 rings (SSSR count). The second-order valence-electron chi connectivity index (χ2n) is 6.03. The first-order valence-electron chi connectivity index (χ1n) is 7.96. The van der Waals surface area contributed by atoms with Crippen LogP contribution in [0.25, 0.3) is 0 Å². The average Bonchev–Trinajstić information content (AvgIpc) is 3.04. The van der Waals surface area contributed by atoms with Gasteiger partial charge in [-0.05, 0) is 26.7 Å². The van der Waals surface area contributed by atoms with E-state index in [2.05, 4.69) is 20.8 Å². The fourth-order valence-electron chi connectivity index (χ4n) is 2.90. The number of hydrogen-bond donors (Lipinski definition) is 2. The van der Waals surface area contributed by atoms with Gasteiger partial charge in [0.05, 0.1) is 12.2 Å². The van der Waals surface area contributed by atoms with E-state index in [1.165, 1.54) is 4.90 Å². The van der Waals surface area contributed by atoms with Gasteiger partial charge in [-0.3, -0.25) is 9.89 Å². The molecular weight excluding hydrogens is 323 g/mol. The molecule has 0 saturated carbocycles. The Morgan fingerprint density at radius 2 is 2.17 bits per heavy atom. The van der Waals surface area contributed by atoms with Gasteiger partial charge >= 0.3 is 6.18 Å². The number of nitrogens with zero attached hydrogens (tertiary/aromatic N) is 3. The summed E-state index contributed by atoms with van der Waals surface area (Å²) in [5.41, 5.74) is 1.94. The molecule has 136 valence electrons. The van der Waals surface area contributed by atoms with Gasteiger partial charge in [-0.15, -0.1) is 0 Å².